The fourth-order valence-electron chi connectivity index (χ4n) is 3.55. The number of carbonyl (C=O) groups is 1. The summed E-state index contributed by atoms with van der Waals surface area (Å²) in [6.07, 6.45) is 5.38. The monoisotopic (exact) mass is 367 g/mol. The van der Waals surface area contributed by atoms with Crippen molar-refractivity contribution in [1.82, 2.24) is 4.90 Å². The van der Waals surface area contributed by atoms with E-state index in [-0.39, 0.29) is 12.5 Å². The lowest BCUT2D eigenvalue weighted by Gasteiger charge is -2.18. The number of aliphatic hydroxyl groups excluding tert-OH is 1. The molecule has 0 radical (unpaired) electrons. The molecule has 1 amide bonds. The van der Waals surface area contributed by atoms with Gasteiger partial charge in [0.05, 0.1) is 6.10 Å². The van der Waals surface area contributed by atoms with Crippen LogP contribution in [0.1, 0.15) is 41.6 Å². The Kier molecular flexibility index (Phi) is 7.02. The molecule has 4 nitrogen and oxygen atoms in total. The van der Waals surface area contributed by atoms with Gasteiger partial charge in [-0.3, -0.25) is 4.79 Å². The maximum Gasteiger partial charge on any atom is 0.253 e. The third-order valence-electron chi connectivity index (χ3n) is 5.21. The first-order chi connectivity index (χ1) is 13.2. The minimum absolute atomic E-state index is 0.0622. The van der Waals surface area contributed by atoms with Crippen molar-refractivity contribution in [1.29, 1.82) is 0 Å². The van der Waals surface area contributed by atoms with Gasteiger partial charge in [-0.05, 0) is 60.9 Å². The lowest BCUT2D eigenvalue weighted by Crippen LogP contribution is -2.28. The van der Waals surface area contributed by atoms with Gasteiger partial charge in [-0.2, -0.15) is 0 Å². The van der Waals surface area contributed by atoms with Crippen LogP contribution >= 0.6 is 0 Å². The maximum atomic E-state index is 12.6. The predicted molar refractivity (Wildman–Crippen MR) is 108 cm³/mol. The molecule has 0 bridgehead atoms. The summed E-state index contributed by atoms with van der Waals surface area (Å²) in [5, 5.41) is 9.00. The van der Waals surface area contributed by atoms with Gasteiger partial charge in [0.15, 0.2) is 0 Å². The molecular weight excluding hydrogens is 338 g/mol. The van der Waals surface area contributed by atoms with Gasteiger partial charge < -0.3 is 14.7 Å². The van der Waals surface area contributed by atoms with Crippen LogP contribution in [0.5, 0.6) is 0 Å². The summed E-state index contributed by atoms with van der Waals surface area (Å²) in [6, 6.07) is 16.0. The summed E-state index contributed by atoms with van der Waals surface area (Å²) < 4.78 is 5.64. The summed E-state index contributed by atoms with van der Waals surface area (Å²) in [4.78, 5) is 14.4. The third kappa shape index (κ3) is 5.41. The molecule has 0 spiro atoms. The minimum atomic E-state index is 0.0622. The van der Waals surface area contributed by atoms with Crippen LogP contribution in [0.3, 0.4) is 0 Å². The van der Waals surface area contributed by atoms with Crippen LogP contribution in [-0.2, 0) is 11.2 Å². The van der Waals surface area contributed by atoms with Gasteiger partial charge in [-0.25, -0.2) is 0 Å². The summed E-state index contributed by atoms with van der Waals surface area (Å²) in [5.74, 6) is 0.0622. The number of nitrogens with zero attached hydrogens (tertiary/aromatic N) is 1. The number of rotatable bonds is 8. The minimum Gasteiger partial charge on any atom is -0.396 e. The van der Waals surface area contributed by atoms with Gasteiger partial charge in [0, 0.05) is 32.4 Å². The second-order valence-corrected chi connectivity index (χ2v) is 7.25. The molecule has 1 aliphatic rings. The average molecular weight is 367 g/mol. The van der Waals surface area contributed by atoms with Crippen molar-refractivity contribution in [2.45, 2.75) is 38.2 Å². The fraction of sp³-hybridized carbons (Fsp3) is 0.435. The van der Waals surface area contributed by atoms with E-state index in [1.807, 2.05) is 43.4 Å². The van der Waals surface area contributed by atoms with E-state index in [1.54, 1.807) is 4.90 Å². The van der Waals surface area contributed by atoms with Crippen LogP contribution < -0.4 is 0 Å². The number of aliphatic hydroxyl groups is 1. The normalized spacial score (nSPS) is 16.4. The molecule has 1 saturated heterocycles. The molecule has 1 aliphatic heterocycles. The smallest absolute Gasteiger partial charge is 0.253 e. The fourth-order valence-corrected chi connectivity index (χ4v) is 3.55. The standard InChI is InChI=1S/C23H29NO3/c1-24(15-2-4-22-5-3-17-27-22)23(26)21-12-10-20(11-13-21)19-8-6-18(7-9-19)14-16-25/h6-13,22,25H,2-5,14-17H2,1H3/t22-/m0/s1. The molecule has 0 aliphatic carbocycles. The van der Waals surface area contributed by atoms with Gasteiger partial charge >= 0.3 is 0 Å². The Morgan fingerprint density at radius 3 is 2.37 bits per heavy atom. The van der Waals surface area contributed by atoms with E-state index in [1.165, 1.54) is 0 Å². The summed E-state index contributed by atoms with van der Waals surface area (Å²) >= 11 is 0. The van der Waals surface area contributed by atoms with Crippen molar-refractivity contribution >= 4 is 5.91 Å². The van der Waals surface area contributed by atoms with Crippen molar-refractivity contribution in [3.8, 4) is 11.1 Å². The van der Waals surface area contributed by atoms with Gasteiger partial charge in [-0.15, -0.1) is 0 Å². The Bertz CT molecular complexity index is 718. The molecule has 2 aromatic carbocycles. The molecular formula is C23H29NO3. The second kappa shape index (κ2) is 9.67. The Labute approximate surface area is 161 Å². The zero-order chi connectivity index (χ0) is 19.1. The number of amides is 1. The van der Waals surface area contributed by atoms with Crippen molar-refractivity contribution in [3.05, 3.63) is 59.7 Å². The highest BCUT2D eigenvalue weighted by Gasteiger charge is 2.16. The van der Waals surface area contributed by atoms with Crippen molar-refractivity contribution in [2.24, 2.45) is 0 Å². The van der Waals surface area contributed by atoms with E-state index in [9.17, 15) is 4.79 Å². The first kappa shape index (κ1) is 19.6. The van der Waals surface area contributed by atoms with E-state index >= 15 is 0 Å². The quantitative estimate of drug-likeness (QED) is 0.769. The Balaban J connectivity index is 1.54. The highest BCUT2D eigenvalue weighted by Crippen LogP contribution is 2.21. The SMILES string of the molecule is CN(CCC[C@H]1CCCO1)C(=O)c1ccc(-c2ccc(CCO)cc2)cc1. The van der Waals surface area contributed by atoms with E-state index in [2.05, 4.69) is 12.1 Å². The third-order valence-corrected chi connectivity index (χ3v) is 5.21. The van der Waals surface area contributed by atoms with Crippen LogP contribution in [-0.4, -0.2) is 48.8 Å². The maximum absolute atomic E-state index is 12.6. The Hall–Kier alpha value is -2.17. The van der Waals surface area contributed by atoms with E-state index in [0.29, 0.717) is 12.5 Å². The molecule has 0 aromatic heterocycles. The van der Waals surface area contributed by atoms with Gasteiger partial charge in [-0.1, -0.05) is 36.4 Å². The van der Waals surface area contributed by atoms with Crippen LogP contribution in [0.25, 0.3) is 11.1 Å². The molecule has 1 fully saturated rings. The first-order valence-electron chi connectivity index (χ1n) is 9.84. The molecule has 2 aromatic rings. The van der Waals surface area contributed by atoms with Gasteiger partial charge in [0.2, 0.25) is 0 Å². The van der Waals surface area contributed by atoms with Crippen LogP contribution in [0, 0.1) is 0 Å². The molecule has 27 heavy (non-hydrogen) atoms. The topological polar surface area (TPSA) is 49.8 Å². The predicted octanol–water partition coefficient (Wildman–Crippen LogP) is 3.92. The average Bonchev–Trinajstić information content (AvgIpc) is 3.22. The van der Waals surface area contributed by atoms with E-state index < -0.39 is 0 Å². The first-order valence-corrected chi connectivity index (χ1v) is 9.84. The summed E-state index contributed by atoms with van der Waals surface area (Å²) in [5.41, 5.74) is 4.04. The molecule has 3 rings (SSSR count). The number of ether oxygens (including phenoxy) is 1. The lowest BCUT2D eigenvalue weighted by atomic mass is 10.0. The largest absolute Gasteiger partial charge is 0.396 e. The molecule has 0 unspecified atom stereocenters. The zero-order valence-electron chi connectivity index (χ0n) is 16.1. The number of benzene rings is 2. The highest BCUT2D eigenvalue weighted by atomic mass is 16.5. The van der Waals surface area contributed by atoms with Crippen molar-refractivity contribution < 1.29 is 14.6 Å². The zero-order valence-corrected chi connectivity index (χ0v) is 16.1. The Morgan fingerprint density at radius 1 is 1.11 bits per heavy atom. The van der Waals surface area contributed by atoms with E-state index in [0.717, 1.165) is 61.1 Å². The molecule has 4 heteroatoms. The van der Waals surface area contributed by atoms with Crippen molar-refractivity contribution in [3.63, 3.8) is 0 Å². The van der Waals surface area contributed by atoms with Crippen LogP contribution in [0.15, 0.2) is 48.5 Å². The summed E-state index contributed by atoms with van der Waals surface area (Å²) in [6.45, 7) is 1.81. The highest BCUT2D eigenvalue weighted by molar-refractivity contribution is 5.94. The molecule has 1 N–H and O–H groups in total. The van der Waals surface area contributed by atoms with Crippen LogP contribution in [0.4, 0.5) is 0 Å². The molecule has 1 atom stereocenters. The number of hydrogen-bond donors (Lipinski definition) is 1. The lowest BCUT2D eigenvalue weighted by molar-refractivity contribution is 0.0763. The van der Waals surface area contributed by atoms with Crippen molar-refractivity contribution in [2.75, 3.05) is 26.8 Å². The molecule has 1 heterocycles. The van der Waals surface area contributed by atoms with Gasteiger partial charge in [0.1, 0.15) is 0 Å². The number of carbonyl (C=O) groups excluding carboxylic acids is 1. The molecule has 0 saturated carbocycles. The number of hydrogen-bond acceptors (Lipinski definition) is 3. The van der Waals surface area contributed by atoms with E-state index in [4.69, 9.17) is 9.84 Å². The Morgan fingerprint density at radius 2 is 1.78 bits per heavy atom. The second-order valence-electron chi connectivity index (χ2n) is 7.25. The molecule has 144 valence electrons. The summed E-state index contributed by atoms with van der Waals surface area (Å²) in [7, 11) is 1.87. The van der Waals surface area contributed by atoms with Crippen LogP contribution in [0.2, 0.25) is 0 Å². The van der Waals surface area contributed by atoms with Gasteiger partial charge in [0.25, 0.3) is 5.91 Å².